The second-order valence-corrected chi connectivity index (χ2v) is 2.61. The maximum atomic E-state index is 8.79. The van der Waals surface area contributed by atoms with Gasteiger partial charge in [0.15, 0.2) is 0 Å². The first-order valence-corrected chi connectivity index (χ1v) is 3.30. The van der Waals surface area contributed by atoms with E-state index in [1.54, 1.807) is 0 Å². The standard InChI is InChI=1S/C7H13NO/c1-2-5-8-7(6-9)3-4-7/h2,8-9H,1,3-6H2. The summed E-state index contributed by atoms with van der Waals surface area (Å²) in [4.78, 5) is 0. The van der Waals surface area contributed by atoms with Gasteiger partial charge in [0.1, 0.15) is 0 Å². The predicted octanol–water partition coefficient (Wildman–Crippen LogP) is 0.287. The first kappa shape index (κ1) is 6.78. The molecular formula is C7H13NO. The van der Waals surface area contributed by atoms with Crippen LogP contribution < -0.4 is 5.32 Å². The van der Waals surface area contributed by atoms with Gasteiger partial charge in [-0.1, -0.05) is 6.08 Å². The Morgan fingerprint density at radius 2 is 2.33 bits per heavy atom. The second kappa shape index (κ2) is 2.50. The highest BCUT2D eigenvalue weighted by atomic mass is 16.3. The summed E-state index contributed by atoms with van der Waals surface area (Å²) in [6, 6.07) is 0. The first-order chi connectivity index (χ1) is 4.33. The summed E-state index contributed by atoms with van der Waals surface area (Å²) in [5, 5.41) is 12.0. The average Bonchev–Trinajstić information content (AvgIpc) is 2.65. The molecule has 1 fully saturated rings. The van der Waals surface area contributed by atoms with E-state index in [9.17, 15) is 0 Å². The lowest BCUT2D eigenvalue weighted by Crippen LogP contribution is -2.34. The molecule has 0 saturated heterocycles. The third-order valence-corrected chi connectivity index (χ3v) is 1.78. The average molecular weight is 127 g/mol. The zero-order valence-electron chi connectivity index (χ0n) is 5.56. The lowest BCUT2D eigenvalue weighted by molar-refractivity contribution is 0.234. The summed E-state index contributed by atoms with van der Waals surface area (Å²) < 4.78 is 0. The molecule has 0 bridgehead atoms. The predicted molar refractivity (Wildman–Crippen MR) is 37.3 cm³/mol. The fourth-order valence-corrected chi connectivity index (χ4v) is 0.830. The molecule has 0 radical (unpaired) electrons. The van der Waals surface area contributed by atoms with E-state index in [0.29, 0.717) is 0 Å². The Balaban J connectivity index is 2.17. The van der Waals surface area contributed by atoms with Crippen LogP contribution in [0.5, 0.6) is 0 Å². The zero-order chi connectivity index (χ0) is 6.74. The van der Waals surface area contributed by atoms with Gasteiger partial charge in [0.05, 0.1) is 6.61 Å². The molecule has 9 heavy (non-hydrogen) atoms. The van der Waals surface area contributed by atoms with Crippen LogP contribution in [0, 0.1) is 0 Å². The van der Waals surface area contributed by atoms with Crippen LogP contribution in [0.3, 0.4) is 0 Å². The van der Waals surface area contributed by atoms with Crippen molar-refractivity contribution in [3.8, 4) is 0 Å². The van der Waals surface area contributed by atoms with Gasteiger partial charge < -0.3 is 10.4 Å². The van der Waals surface area contributed by atoms with E-state index in [1.807, 2.05) is 6.08 Å². The number of aliphatic hydroxyl groups excluding tert-OH is 1. The molecule has 0 heterocycles. The molecule has 1 rings (SSSR count). The van der Waals surface area contributed by atoms with Crippen LogP contribution in [0.4, 0.5) is 0 Å². The molecule has 0 aromatic heterocycles. The van der Waals surface area contributed by atoms with Crippen molar-refractivity contribution in [2.24, 2.45) is 0 Å². The van der Waals surface area contributed by atoms with Crippen molar-refractivity contribution in [1.82, 2.24) is 5.32 Å². The van der Waals surface area contributed by atoms with Gasteiger partial charge in [-0.05, 0) is 12.8 Å². The SMILES string of the molecule is C=CCNC1(CO)CC1. The van der Waals surface area contributed by atoms with Crippen LogP contribution in [0.1, 0.15) is 12.8 Å². The Labute approximate surface area is 55.6 Å². The Morgan fingerprint density at radius 3 is 2.67 bits per heavy atom. The lowest BCUT2D eigenvalue weighted by atomic mass is 10.3. The molecule has 1 aliphatic carbocycles. The molecular weight excluding hydrogens is 114 g/mol. The Hall–Kier alpha value is -0.340. The van der Waals surface area contributed by atoms with Crippen molar-refractivity contribution in [2.75, 3.05) is 13.2 Å². The summed E-state index contributed by atoms with van der Waals surface area (Å²) >= 11 is 0. The number of aliphatic hydroxyl groups is 1. The molecule has 0 atom stereocenters. The molecule has 0 unspecified atom stereocenters. The number of hydrogen-bond acceptors (Lipinski definition) is 2. The highest BCUT2D eigenvalue weighted by Gasteiger charge is 2.40. The lowest BCUT2D eigenvalue weighted by Gasteiger charge is -2.10. The molecule has 0 aromatic rings. The van der Waals surface area contributed by atoms with Crippen LogP contribution in [-0.2, 0) is 0 Å². The van der Waals surface area contributed by atoms with Crippen LogP contribution >= 0.6 is 0 Å². The minimum absolute atomic E-state index is 0.0776. The van der Waals surface area contributed by atoms with Crippen molar-refractivity contribution in [2.45, 2.75) is 18.4 Å². The van der Waals surface area contributed by atoms with E-state index in [2.05, 4.69) is 11.9 Å². The molecule has 0 spiro atoms. The van der Waals surface area contributed by atoms with E-state index in [-0.39, 0.29) is 12.1 Å². The van der Waals surface area contributed by atoms with Gasteiger partial charge in [-0.15, -0.1) is 6.58 Å². The van der Waals surface area contributed by atoms with Crippen molar-refractivity contribution in [3.63, 3.8) is 0 Å². The fourth-order valence-electron chi connectivity index (χ4n) is 0.830. The van der Waals surface area contributed by atoms with E-state index in [1.165, 1.54) is 0 Å². The largest absolute Gasteiger partial charge is 0.394 e. The topological polar surface area (TPSA) is 32.3 Å². The van der Waals surface area contributed by atoms with Crippen LogP contribution in [0.15, 0.2) is 12.7 Å². The molecule has 0 amide bonds. The van der Waals surface area contributed by atoms with E-state index >= 15 is 0 Å². The van der Waals surface area contributed by atoms with Crippen molar-refractivity contribution < 1.29 is 5.11 Å². The van der Waals surface area contributed by atoms with Crippen LogP contribution in [-0.4, -0.2) is 23.8 Å². The monoisotopic (exact) mass is 127 g/mol. The van der Waals surface area contributed by atoms with Crippen molar-refractivity contribution in [3.05, 3.63) is 12.7 Å². The normalized spacial score (nSPS) is 21.4. The number of nitrogens with one attached hydrogen (secondary N) is 1. The summed E-state index contributed by atoms with van der Waals surface area (Å²) in [6.45, 7) is 4.65. The number of hydrogen-bond donors (Lipinski definition) is 2. The zero-order valence-corrected chi connectivity index (χ0v) is 5.56. The summed E-state index contributed by atoms with van der Waals surface area (Å²) in [6.07, 6.45) is 4.03. The van der Waals surface area contributed by atoms with Gasteiger partial charge in [0, 0.05) is 12.1 Å². The molecule has 2 N–H and O–H groups in total. The summed E-state index contributed by atoms with van der Waals surface area (Å²) in [5.41, 5.74) is 0.0776. The second-order valence-electron chi connectivity index (χ2n) is 2.61. The maximum Gasteiger partial charge on any atom is 0.0613 e. The number of rotatable bonds is 4. The van der Waals surface area contributed by atoms with E-state index in [4.69, 9.17) is 5.11 Å². The summed E-state index contributed by atoms with van der Waals surface area (Å²) in [5.74, 6) is 0. The van der Waals surface area contributed by atoms with E-state index < -0.39 is 0 Å². The molecule has 2 nitrogen and oxygen atoms in total. The Bertz CT molecular complexity index is 107. The maximum absolute atomic E-state index is 8.79. The van der Waals surface area contributed by atoms with Gasteiger partial charge in [-0.3, -0.25) is 0 Å². The minimum atomic E-state index is 0.0776. The fraction of sp³-hybridized carbons (Fsp3) is 0.714. The molecule has 1 saturated carbocycles. The highest BCUT2D eigenvalue weighted by molar-refractivity contribution is 5.02. The molecule has 52 valence electrons. The molecule has 2 heteroatoms. The first-order valence-electron chi connectivity index (χ1n) is 3.30. The smallest absolute Gasteiger partial charge is 0.0613 e. The summed E-state index contributed by atoms with van der Waals surface area (Å²) in [7, 11) is 0. The quantitative estimate of drug-likeness (QED) is 0.532. The van der Waals surface area contributed by atoms with Gasteiger partial charge in [-0.25, -0.2) is 0 Å². The van der Waals surface area contributed by atoms with Gasteiger partial charge >= 0.3 is 0 Å². The third-order valence-electron chi connectivity index (χ3n) is 1.78. The Kier molecular flexibility index (Phi) is 1.88. The van der Waals surface area contributed by atoms with Crippen LogP contribution in [0.2, 0.25) is 0 Å². The minimum Gasteiger partial charge on any atom is -0.394 e. The van der Waals surface area contributed by atoms with E-state index in [0.717, 1.165) is 19.4 Å². The van der Waals surface area contributed by atoms with Gasteiger partial charge in [0.25, 0.3) is 0 Å². The molecule has 0 aliphatic heterocycles. The van der Waals surface area contributed by atoms with Crippen molar-refractivity contribution in [1.29, 1.82) is 0 Å². The Morgan fingerprint density at radius 1 is 1.67 bits per heavy atom. The van der Waals surface area contributed by atoms with Gasteiger partial charge in [0.2, 0.25) is 0 Å². The molecule has 0 aromatic carbocycles. The van der Waals surface area contributed by atoms with Gasteiger partial charge in [-0.2, -0.15) is 0 Å². The van der Waals surface area contributed by atoms with Crippen molar-refractivity contribution >= 4 is 0 Å². The third kappa shape index (κ3) is 1.53. The van der Waals surface area contributed by atoms with Crippen LogP contribution in [0.25, 0.3) is 0 Å². The highest BCUT2D eigenvalue weighted by Crippen LogP contribution is 2.34. The molecule has 1 aliphatic rings.